The molecule has 0 unspecified atom stereocenters. The first-order chi connectivity index (χ1) is 9.97. The minimum Gasteiger partial charge on any atom is -0.448 e. The highest BCUT2D eigenvalue weighted by atomic mass is 16.6. The zero-order chi connectivity index (χ0) is 15.4. The SMILES string of the molecule is Cc1cc(NCCOC(N)=O)c2cc([N+](=O)[O-])ccc2n1. The number of nitrogens with zero attached hydrogens (tertiary/aromatic N) is 2. The predicted molar refractivity (Wildman–Crippen MR) is 77.2 cm³/mol. The number of fused-ring (bicyclic) bond motifs is 1. The lowest BCUT2D eigenvalue weighted by Crippen LogP contribution is -2.18. The average Bonchev–Trinajstić information content (AvgIpc) is 2.42. The number of carbonyl (C=O) groups is 1. The van der Waals surface area contributed by atoms with Crippen LogP contribution in [-0.4, -0.2) is 29.2 Å². The molecule has 1 aromatic carbocycles. The molecule has 21 heavy (non-hydrogen) atoms. The average molecular weight is 290 g/mol. The molecule has 1 heterocycles. The molecule has 0 aliphatic carbocycles. The summed E-state index contributed by atoms with van der Waals surface area (Å²) in [5, 5.41) is 14.5. The number of carbonyl (C=O) groups excluding carboxylic acids is 1. The van der Waals surface area contributed by atoms with Gasteiger partial charge in [0.25, 0.3) is 5.69 Å². The lowest BCUT2D eigenvalue weighted by Gasteiger charge is -2.10. The Kier molecular flexibility index (Phi) is 4.17. The van der Waals surface area contributed by atoms with E-state index in [9.17, 15) is 14.9 Å². The summed E-state index contributed by atoms with van der Waals surface area (Å²) in [4.78, 5) is 25.2. The van der Waals surface area contributed by atoms with Crippen LogP contribution in [0.25, 0.3) is 10.9 Å². The molecule has 8 nitrogen and oxygen atoms in total. The summed E-state index contributed by atoms with van der Waals surface area (Å²) >= 11 is 0. The predicted octanol–water partition coefficient (Wildman–Crippen LogP) is 1.96. The molecule has 3 N–H and O–H groups in total. The fraction of sp³-hybridized carbons (Fsp3) is 0.231. The van der Waals surface area contributed by atoms with Gasteiger partial charge >= 0.3 is 6.09 Å². The molecule has 2 rings (SSSR count). The summed E-state index contributed by atoms with van der Waals surface area (Å²) < 4.78 is 4.62. The second kappa shape index (κ2) is 6.04. The first-order valence-corrected chi connectivity index (χ1v) is 6.19. The monoisotopic (exact) mass is 290 g/mol. The van der Waals surface area contributed by atoms with E-state index in [1.807, 2.05) is 6.92 Å². The Morgan fingerprint density at radius 3 is 2.90 bits per heavy atom. The molecule has 110 valence electrons. The van der Waals surface area contributed by atoms with Gasteiger partial charge in [0.1, 0.15) is 6.61 Å². The molecule has 0 saturated carbocycles. The zero-order valence-electron chi connectivity index (χ0n) is 11.3. The summed E-state index contributed by atoms with van der Waals surface area (Å²) in [6.07, 6.45) is -0.844. The van der Waals surface area contributed by atoms with E-state index in [1.54, 1.807) is 12.1 Å². The van der Waals surface area contributed by atoms with Crippen LogP contribution in [0.1, 0.15) is 5.69 Å². The first-order valence-electron chi connectivity index (χ1n) is 6.19. The number of amides is 1. The molecule has 0 fully saturated rings. The molecule has 0 aliphatic heterocycles. The van der Waals surface area contributed by atoms with E-state index in [0.29, 0.717) is 23.1 Å². The van der Waals surface area contributed by atoms with Crippen LogP contribution in [0.4, 0.5) is 16.2 Å². The summed E-state index contributed by atoms with van der Waals surface area (Å²) in [7, 11) is 0. The van der Waals surface area contributed by atoms with Crippen molar-refractivity contribution in [1.29, 1.82) is 0 Å². The van der Waals surface area contributed by atoms with Crippen molar-refractivity contribution in [1.82, 2.24) is 4.98 Å². The van der Waals surface area contributed by atoms with Crippen LogP contribution in [0.5, 0.6) is 0 Å². The molecule has 0 radical (unpaired) electrons. The second-order valence-electron chi connectivity index (χ2n) is 4.36. The molecule has 0 spiro atoms. The summed E-state index contributed by atoms with van der Waals surface area (Å²) in [5.74, 6) is 0. The van der Waals surface area contributed by atoms with Gasteiger partial charge in [-0.15, -0.1) is 0 Å². The molecular weight excluding hydrogens is 276 g/mol. The summed E-state index contributed by atoms with van der Waals surface area (Å²) in [5.41, 5.74) is 6.97. The van der Waals surface area contributed by atoms with E-state index >= 15 is 0 Å². The summed E-state index contributed by atoms with van der Waals surface area (Å²) in [6.45, 7) is 2.27. The molecular formula is C13H14N4O4. The number of hydrogen-bond acceptors (Lipinski definition) is 6. The first kappa shape index (κ1) is 14.5. The minimum atomic E-state index is -0.844. The van der Waals surface area contributed by atoms with Gasteiger partial charge in [-0.3, -0.25) is 15.1 Å². The number of pyridine rings is 1. The maximum Gasteiger partial charge on any atom is 0.404 e. The van der Waals surface area contributed by atoms with E-state index in [1.165, 1.54) is 12.1 Å². The highest BCUT2D eigenvalue weighted by Crippen LogP contribution is 2.27. The lowest BCUT2D eigenvalue weighted by molar-refractivity contribution is -0.384. The van der Waals surface area contributed by atoms with Crippen LogP contribution in [0.15, 0.2) is 24.3 Å². The standard InChI is InChI=1S/C13H14N4O4/c1-8-6-12(15-4-5-21-13(14)18)10-7-9(17(19)20)2-3-11(10)16-8/h2-3,6-7H,4-5H2,1H3,(H2,14,18)(H,15,16). The van der Waals surface area contributed by atoms with Gasteiger partial charge < -0.3 is 15.8 Å². The molecule has 0 saturated heterocycles. The molecule has 0 aliphatic rings. The van der Waals surface area contributed by atoms with E-state index in [2.05, 4.69) is 15.0 Å². The second-order valence-corrected chi connectivity index (χ2v) is 4.36. The van der Waals surface area contributed by atoms with Crippen LogP contribution in [-0.2, 0) is 4.74 Å². The maximum absolute atomic E-state index is 10.9. The molecule has 1 aromatic heterocycles. The normalized spacial score (nSPS) is 10.3. The van der Waals surface area contributed by atoms with Crippen molar-refractivity contribution < 1.29 is 14.5 Å². The number of benzene rings is 1. The number of ether oxygens (including phenoxy) is 1. The quantitative estimate of drug-likeness (QED) is 0.493. The van der Waals surface area contributed by atoms with Crippen molar-refractivity contribution in [3.8, 4) is 0 Å². The van der Waals surface area contributed by atoms with Gasteiger partial charge in [0, 0.05) is 35.4 Å². The Hall–Kier alpha value is -2.90. The number of nitro benzene ring substituents is 1. The van der Waals surface area contributed by atoms with Crippen LogP contribution < -0.4 is 11.1 Å². The third kappa shape index (κ3) is 3.56. The van der Waals surface area contributed by atoms with Gasteiger partial charge in [0.05, 0.1) is 10.4 Å². The van der Waals surface area contributed by atoms with Crippen LogP contribution in [0.2, 0.25) is 0 Å². The Balaban J connectivity index is 2.29. The summed E-state index contributed by atoms with van der Waals surface area (Å²) in [6, 6.07) is 6.25. The van der Waals surface area contributed by atoms with Crippen molar-refractivity contribution in [2.24, 2.45) is 5.73 Å². The fourth-order valence-corrected chi connectivity index (χ4v) is 1.94. The number of nitro groups is 1. The van der Waals surface area contributed by atoms with Gasteiger partial charge in [-0.2, -0.15) is 0 Å². The number of anilines is 1. The van der Waals surface area contributed by atoms with Gasteiger partial charge in [-0.05, 0) is 19.1 Å². The molecule has 8 heteroatoms. The Labute approximate surface area is 120 Å². The van der Waals surface area contributed by atoms with E-state index in [-0.39, 0.29) is 12.3 Å². The topological polar surface area (TPSA) is 120 Å². The third-order valence-corrected chi connectivity index (χ3v) is 2.79. The number of nitrogens with one attached hydrogen (secondary N) is 1. The number of aromatic nitrogens is 1. The lowest BCUT2D eigenvalue weighted by atomic mass is 10.1. The van der Waals surface area contributed by atoms with Gasteiger partial charge in [-0.25, -0.2) is 4.79 Å². The number of hydrogen-bond donors (Lipinski definition) is 2. The Morgan fingerprint density at radius 1 is 1.48 bits per heavy atom. The maximum atomic E-state index is 10.9. The number of aryl methyl sites for hydroxylation is 1. The molecule has 0 bridgehead atoms. The Bertz CT molecular complexity index is 702. The molecule has 0 atom stereocenters. The highest BCUT2D eigenvalue weighted by molar-refractivity contribution is 5.93. The van der Waals surface area contributed by atoms with Crippen molar-refractivity contribution >= 4 is 28.4 Å². The highest BCUT2D eigenvalue weighted by Gasteiger charge is 2.10. The van der Waals surface area contributed by atoms with Crippen molar-refractivity contribution in [3.63, 3.8) is 0 Å². The van der Waals surface area contributed by atoms with Crippen LogP contribution in [0.3, 0.4) is 0 Å². The van der Waals surface area contributed by atoms with Crippen LogP contribution >= 0.6 is 0 Å². The van der Waals surface area contributed by atoms with Gasteiger partial charge in [-0.1, -0.05) is 0 Å². The largest absolute Gasteiger partial charge is 0.448 e. The zero-order valence-corrected chi connectivity index (χ0v) is 11.3. The van der Waals surface area contributed by atoms with E-state index in [0.717, 1.165) is 5.69 Å². The van der Waals surface area contributed by atoms with Crippen molar-refractivity contribution in [3.05, 3.63) is 40.1 Å². The van der Waals surface area contributed by atoms with Crippen molar-refractivity contribution in [2.45, 2.75) is 6.92 Å². The number of primary amides is 1. The third-order valence-electron chi connectivity index (χ3n) is 2.79. The number of non-ortho nitro benzene ring substituents is 1. The number of nitrogens with two attached hydrogens (primary N) is 1. The van der Waals surface area contributed by atoms with Gasteiger partial charge in [0.15, 0.2) is 0 Å². The Morgan fingerprint density at radius 2 is 2.24 bits per heavy atom. The fourth-order valence-electron chi connectivity index (χ4n) is 1.94. The molecule has 2 aromatic rings. The van der Waals surface area contributed by atoms with Gasteiger partial charge in [0.2, 0.25) is 0 Å². The van der Waals surface area contributed by atoms with Crippen molar-refractivity contribution in [2.75, 3.05) is 18.5 Å². The van der Waals surface area contributed by atoms with E-state index < -0.39 is 11.0 Å². The van der Waals surface area contributed by atoms with Crippen LogP contribution in [0, 0.1) is 17.0 Å². The minimum absolute atomic E-state index is 0.00964. The number of rotatable bonds is 5. The van der Waals surface area contributed by atoms with E-state index in [4.69, 9.17) is 5.73 Å². The smallest absolute Gasteiger partial charge is 0.404 e. The molecule has 1 amide bonds.